The number of carbonyl (C=O) groups is 1. The summed E-state index contributed by atoms with van der Waals surface area (Å²) in [6.07, 6.45) is 0. The van der Waals surface area contributed by atoms with Crippen molar-refractivity contribution in [1.29, 1.82) is 0 Å². The lowest BCUT2D eigenvalue weighted by Gasteiger charge is -2.11. The van der Waals surface area contributed by atoms with E-state index in [1.54, 1.807) is 7.11 Å². The third-order valence-corrected chi connectivity index (χ3v) is 3.88. The van der Waals surface area contributed by atoms with E-state index in [0.717, 1.165) is 22.3 Å². The Balaban J connectivity index is 1.79. The quantitative estimate of drug-likeness (QED) is 0.650. The number of ether oxygens (including phenoxy) is 1. The molecule has 0 saturated carbocycles. The molecule has 0 aliphatic carbocycles. The highest BCUT2D eigenvalue weighted by Gasteiger charge is 2.13. The molecule has 25 heavy (non-hydrogen) atoms. The highest BCUT2D eigenvalue weighted by Crippen LogP contribution is 2.19. The van der Waals surface area contributed by atoms with E-state index in [0.29, 0.717) is 19.1 Å². The van der Waals surface area contributed by atoms with Crippen LogP contribution in [-0.4, -0.2) is 35.7 Å². The Morgan fingerprint density at radius 1 is 1.16 bits per heavy atom. The minimum absolute atomic E-state index is 0.0956. The van der Waals surface area contributed by atoms with Crippen LogP contribution < -0.4 is 10.6 Å². The van der Waals surface area contributed by atoms with Gasteiger partial charge in [0.2, 0.25) is 11.9 Å². The van der Waals surface area contributed by atoms with E-state index in [4.69, 9.17) is 4.74 Å². The van der Waals surface area contributed by atoms with E-state index in [1.165, 1.54) is 0 Å². The van der Waals surface area contributed by atoms with E-state index < -0.39 is 0 Å². The molecule has 1 heterocycles. The first-order chi connectivity index (χ1) is 12.2. The molecule has 6 nitrogen and oxygen atoms in total. The van der Waals surface area contributed by atoms with Crippen molar-refractivity contribution in [1.82, 2.24) is 9.55 Å². The molecule has 6 heteroatoms. The number of nitrogens with zero attached hydrogens (tertiary/aromatic N) is 2. The number of fused-ring (bicyclic) bond motifs is 1. The van der Waals surface area contributed by atoms with Crippen LogP contribution in [0.2, 0.25) is 0 Å². The Hall–Kier alpha value is -2.86. The number of nitrogens with one attached hydrogen (secondary N) is 2. The summed E-state index contributed by atoms with van der Waals surface area (Å²) in [6.45, 7) is 3.39. The average Bonchev–Trinajstić information content (AvgIpc) is 2.95. The van der Waals surface area contributed by atoms with Crippen LogP contribution in [0.3, 0.4) is 0 Å². The summed E-state index contributed by atoms with van der Waals surface area (Å²) < 4.78 is 6.95. The van der Waals surface area contributed by atoms with Crippen LogP contribution in [-0.2, 0) is 16.1 Å². The monoisotopic (exact) mass is 338 g/mol. The fourth-order valence-electron chi connectivity index (χ4n) is 2.62. The molecule has 0 radical (unpaired) electrons. The predicted octanol–water partition coefficient (Wildman–Crippen LogP) is 3.04. The minimum Gasteiger partial charge on any atom is -0.383 e. The molecule has 3 aromatic rings. The number of carbonyl (C=O) groups excluding carboxylic acids is 1. The SMILES string of the molecule is COCCNc1nc2ccccc2n1CC(=O)Nc1ccc(C)cc1. The summed E-state index contributed by atoms with van der Waals surface area (Å²) in [5.74, 6) is 0.569. The molecule has 2 N–H and O–H groups in total. The van der Waals surface area contributed by atoms with Gasteiger partial charge in [0, 0.05) is 19.3 Å². The highest BCUT2D eigenvalue weighted by atomic mass is 16.5. The van der Waals surface area contributed by atoms with Gasteiger partial charge in [-0.25, -0.2) is 4.98 Å². The van der Waals surface area contributed by atoms with Crippen LogP contribution in [0.5, 0.6) is 0 Å². The summed E-state index contributed by atoms with van der Waals surface area (Å²) in [5.41, 5.74) is 3.71. The molecule has 1 amide bonds. The summed E-state index contributed by atoms with van der Waals surface area (Å²) >= 11 is 0. The first-order valence-corrected chi connectivity index (χ1v) is 8.22. The van der Waals surface area contributed by atoms with Gasteiger partial charge in [0.05, 0.1) is 17.6 Å². The van der Waals surface area contributed by atoms with Crippen molar-refractivity contribution in [3.63, 3.8) is 0 Å². The van der Waals surface area contributed by atoms with Gasteiger partial charge in [-0.15, -0.1) is 0 Å². The van der Waals surface area contributed by atoms with Crippen LogP contribution in [0.25, 0.3) is 11.0 Å². The zero-order valence-electron chi connectivity index (χ0n) is 14.5. The van der Waals surface area contributed by atoms with Crippen molar-refractivity contribution in [2.75, 3.05) is 30.9 Å². The van der Waals surface area contributed by atoms with Gasteiger partial charge in [-0.05, 0) is 31.2 Å². The molecular weight excluding hydrogens is 316 g/mol. The predicted molar refractivity (Wildman–Crippen MR) is 99.9 cm³/mol. The molecule has 0 bridgehead atoms. The van der Waals surface area contributed by atoms with E-state index >= 15 is 0 Å². The minimum atomic E-state index is -0.0956. The van der Waals surface area contributed by atoms with Crippen molar-refractivity contribution < 1.29 is 9.53 Å². The molecule has 0 saturated heterocycles. The molecule has 3 rings (SSSR count). The van der Waals surface area contributed by atoms with Gasteiger partial charge in [-0.3, -0.25) is 4.79 Å². The van der Waals surface area contributed by atoms with E-state index in [2.05, 4.69) is 15.6 Å². The zero-order chi connectivity index (χ0) is 17.6. The molecule has 0 atom stereocenters. The van der Waals surface area contributed by atoms with Crippen molar-refractivity contribution in [2.24, 2.45) is 0 Å². The van der Waals surface area contributed by atoms with E-state index in [1.807, 2.05) is 60.0 Å². The fraction of sp³-hybridized carbons (Fsp3) is 0.263. The normalized spacial score (nSPS) is 10.8. The maximum absolute atomic E-state index is 12.5. The zero-order valence-corrected chi connectivity index (χ0v) is 14.5. The van der Waals surface area contributed by atoms with Crippen LogP contribution >= 0.6 is 0 Å². The van der Waals surface area contributed by atoms with Gasteiger partial charge in [0.25, 0.3) is 0 Å². The Kier molecular flexibility index (Phi) is 5.30. The first kappa shape index (κ1) is 17.0. The van der Waals surface area contributed by atoms with Crippen LogP contribution in [0, 0.1) is 6.92 Å². The van der Waals surface area contributed by atoms with Crippen LogP contribution in [0.1, 0.15) is 5.56 Å². The number of para-hydroxylation sites is 2. The number of aryl methyl sites for hydroxylation is 1. The second kappa shape index (κ2) is 7.81. The Labute approximate surface area is 146 Å². The van der Waals surface area contributed by atoms with Crippen molar-refractivity contribution in [3.05, 3.63) is 54.1 Å². The number of imidazole rings is 1. The molecule has 0 unspecified atom stereocenters. The molecule has 130 valence electrons. The topological polar surface area (TPSA) is 68.2 Å². The molecular formula is C19H22N4O2. The van der Waals surface area contributed by atoms with E-state index in [9.17, 15) is 4.79 Å². The van der Waals surface area contributed by atoms with E-state index in [-0.39, 0.29) is 12.5 Å². The third-order valence-electron chi connectivity index (χ3n) is 3.88. The maximum Gasteiger partial charge on any atom is 0.244 e. The summed E-state index contributed by atoms with van der Waals surface area (Å²) in [6, 6.07) is 15.5. The number of benzene rings is 2. The number of amides is 1. The smallest absolute Gasteiger partial charge is 0.244 e. The van der Waals surface area contributed by atoms with Gasteiger partial charge in [-0.2, -0.15) is 0 Å². The van der Waals surface area contributed by atoms with Gasteiger partial charge >= 0.3 is 0 Å². The number of methoxy groups -OCH3 is 1. The summed E-state index contributed by atoms with van der Waals surface area (Å²) in [5, 5.41) is 6.15. The number of aromatic nitrogens is 2. The standard InChI is InChI=1S/C19H22N4O2/c1-14-7-9-15(10-8-14)21-18(24)13-23-17-6-4-3-5-16(17)22-19(23)20-11-12-25-2/h3-10H,11-13H2,1-2H3,(H,20,22)(H,21,24). The fourth-order valence-corrected chi connectivity index (χ4v) is 2.62. The maximum atomic E-state index is 12.5. The van der Waals surface area contributed by atoms with Crippen LogP contribution in [0.4, 0.5) is 11.6 Å². The van der Waals surface area contributed by atoms with Crippen molar-refractivity contribution in [2.45, 2.75) is 13.5 Å². The average molecular weight is 338 g/mol. The second-order valence-electron chi connectivity index (χ2n) is 5.84. The largest absolute Gasteiger partial charge is 0.383 e. The van der Waals surface area contributed by atoms with Crippen molar-refractivity contribution >= 4 is 28.6 Å². The number of anilines is 2. The van der Waals surface area contributed by atoms with Gasteiger partial charge in [0.1, 0.15) is 6.54 Å². The van der Waals surface area contributed by atoms with Crippen molar-refractivity contribution in [3.8, 4) is 0 Å². The molecule has 0 spiro atoms. The second-order valence-corrected chi connectivity index (χ2v) is 5.84. The lowest BCUT2D eigenvalue weighted by molar-refractivity contribution is -0.116. The Morgan fingerprint density at radius 2 is 1.92 bits per heavy atom. The molecule has 0 aliphatic rings. The molecule has 0 fully saturated rings. The molecule has 0 aliphatic heterocycles. The van der Waals surface area contributed by atoms with Gasteiger partial charge in [-0.1, -0.05) is 29.8 Å². The Morgan fingerprint density at radius 3 is 2.68 bits per heavy atom. The summed E-state index contributed by atoms with van der Waals surface area (Å²) in [4.78, 5) is 17.1. The lowest BCUT2D eigenvalue weighted by Crippen LogP contribution is -2.21. The van der Waals surface area contributed by atoms with Gasteiger partial charge in [0.15, 0.2) is 0 Å². The molecule has 2 aromatic carbocycles. The van der Waals surface area contributed by atoms with Crippen LogP contribution in [0.15, 0.2) is 48.5 Å². The first-order valence-electron chi connectivity index (χ1n) is 8.22. The number of hydrogen-bond donors (Lipinski definition) is 2. The third kappa shape index (κ3) is 4.16. The molecule has 1 aromatic heterocycles. The van der Waals surface area contributed by atoms with Gasteiger partial charge < -0.3 is 19.9 Å². The Bertz CT molecular complexity index is 855. The lowest BCUT2D eigenvalue weighted by atomic mass is 10.2. The summed E-state index contributed by atoms with van der Waals surface area (Å²) in [7, 11) is 1.65. The number of hydrogen-bond acceptors (Lipinski definition) is 4. The number of rotatable bonds is 7. The highest BCUT2D eigenvalue weighted by molar-refractivity contribution is 5.92.